The number of anilines is 7. The van der Waals surface area contributed by atoms with Crippen LogP contribution in [0.3, 0.4) is 0 Å². The van der Waals surface area contributed by atoms with Crippen molar-refractivity contribution in [2.45, 2.75) is 36.4 Å². The van der Waals surface area contributed by atoms with Crippen LogP contribution in [0.5, 0.6) is 0 Å². The highest BCUT2D eigenvalue weighted by molar-refractivity contribution is 7.88. The molecule has 0 fully saturated rings. The van der Waals surface area contributed by atoms with Crippen LogP contribution in [-0.2, 0) is 20.2 Å². The second kappa shape index (κ2) is 20.0. The molecule has 0 atom stereocenters. The fourth-order valence-electron chi connectivity index (χ4n) is 5.29. The van der Waals surface area contributed by atoms with Gasteiger partial charge in [-0.05, 0) is 64.1 Å². The van der Waals surface area contributed by atoms with Crippen LogP contribution >= 0.6 is 22.7 Å². The third-order valence-electron chi connectivity index (χ3n) is 8.08. The van der Waals surface area contributed by atoms with Crippen molar-refractivity contribution in [2.24, 2.45) is 20.5 Å². The summed E-state index contributed by atoms with van der Waals surface area (Å²) in [5.74, 6) is 0.0500. The number of rotatable bonds is 21. The van der Waals surface area contributed by atoms with E-state index in [2.05, 4.69) is 76.2 Å². The number of aromatic nitrogens is 7. The second-order valence-corrected chi connectivity index (χ2v) is 16.9. The van der Waals surface area contributed by atoms with Gasteiger partial charge in [-0.2, -0.15) is 31.8 Å². The molecule has 0 amide bonds. The van der Waals surface area contributed by atoms with Crippen molar-refractivity contribution in [3.8, 4) is 0 Å². The molecule has 6 N–H and O–H groups in total. The van der Waals surface area contributed by atoms with Crippen molar-refractivity contribution in [1.29, 1.82) is 0 Å². The Hall–Kier alpha value is -5.49. The minimum atomic E-state index is -4.60. The van der Waals surface area contributed by atoms with Gasteiger partial charge in [0.2, 0.25) is 17.8 Å². The van der Waals surface area contributed by atoms with E-state index in [0.29, 0.717) is 60.2 Å². The molecule has 3 aromatic heterocycles. The summed E-state index contributed by atoms with van der Waals surface area (Å²) in [6, 6.07) is 10.5. The summed E-state index contributed by atoms with van der Waals surface area (Å²) in [4.78, 5) is 19.5. The number of benzene rings is 2. The van der Waals surface area contributed by atoms with E-state index in [9.17, 15) is 36.2 Å². The number of hydrogen-bond donors (Lipinski definition) is 6. The Morgan fingerprint density at radius 3 is 1.34 bits per heavy atom. The Morgan fingerprint density at radius 1 is 0.593 bits per heavy atom. The lowest BCUT2D eigenvalue weighted by molar-refractivity contribution is 0.280. The molecule has 0 aliphatic rings. The first-order valence-electron chi connectivity index (χ1n) is 17.7. The average Bonchev–Trinajstić information content (AvgIpc) is 3.89. The standard InChI is InChI=1S/C31H40N16O8S4/c1-5-45(6-2)19-9-11-21(37-39-28-41-43-30(56-28)58(50,51)52)23(17-19)32-25-34-26(36-27(35-25)47(13-15-48)14-16-49)33-24-18-20(46(7-3)8-4)10-12-22(24)38-40-29-42-44-31(57-29)59(53,54)55/h9-12,17-18,48-49H,5-8,13-16H2,1-4H3,(H,50,51,52)(H,53,54,55)(H2,32,33,34,35,36). The van der Waals surface area contributed by atoms with Gasteiger partial charge < -0.3 is 35.5 Å². The molecule has 0 bridgehead atoms. The highest BCUT2D eigenvalue weighted by Gasteiger charge is 2.20. The van der Waals surface area contributed by atoms with Crippen molar-refractivity contribution in [3.63, 3.8) is 0 Å². The van der Waals surface area contributed by atoms with E-state index in [1.54, 1.807) is 29.2 Å². The maximum Gasteiger partial charge on any atom is 0.324 e. The Kier molecular flexibility index (Phi) is 15.1. The van der Waals surface area contributed by atoms with Crippen LogP contribution in [0.2, 0.25) is 0 Å². The van der Waals surface area contributed by atoms with Gasteiger partial charge >= 0.3 is 20.2 Å². The molecule has 0 aliphatic heterocycles. The van der Waals surface area contributed by atoms with E-state index in [1.165, 1.54) is 0 Å². The number of aliphatic hydroxyl groups is 2. The van der Waals surface area contributed by atoms with E-state index in [-0.39, 0.29) is 65.8 Å². The van der Waals surface area contributed by atoms with Gasteiger partial charge in [0.1, 0.15) is 11.4 Å². The zero-order valence-corrected chi connectivity index (χ0v) is 35.2. The molecule has 3 heterocycles. The molecule has 316 valence electrons. The van der Waals surface area contributed by atoms with Crippen LogP contribution in [0.1, 0.15) is 27.7 Å². The fourth-order valence-corrected chi connectivity index (χ4v) is 7.67. The molecule has 0 saturated heterocycles. The summed E-state index contributed by atoms with van der Waals surface area (Å²) in [6.07, 6.45) is 0. The molecule has 59 heavy (non-hydrogen) atoms. The van der Waals surface area contributed by atoms with Gasteiger partial charge in [0.25, 0.3) is 18.9 Å². The fraction of sp³-hybridized carbons (Fsp3) is 0.387. The molecular formula is C31H40N16O8S4. The molecule has 28 heteroatoms. The lowest BCUT2D eigenvalue weighted by atomic mass is 10.2. The van der Waals surface area contributed by atoms with Gasteiger partial charge in [0, 0.05) is 50.6 Å². The van der Waals surface area contributed by atoms with E-state index < -0.39 is 28.9 Å². The molecule has 0 radical (unpaired) electrons. The van der Waals surface area contributed by atoms with Crippen molar-refractivity contribution < 1.29 is 36.2 Å². The normalized spacial score (nSPS) is 12.1. The number of aliphatic hydroxyl groups excluding tert-OH is 2. The third kappa shape index (κ3) is 11.8. The molecular weight excluding hydrogens is 853 g/mol. The minimum Gasteiger partial charge on any atom is -0.395 e. The van der Waals surface area contributed by atoms with Crippen molar-refractivity contribution in [3.05, 3.63) is 36.4 Å². The van der Waals surface area contributed by atoms with Crippen LogP contribution < -0.4 is 25.3 Å². The average molecular weight is 893 g/mol. The van der Waals surface area contributed by atoms with Crippen LogP contribution in [0, 0.1) is 0 Å². The molecule has 0 aliphatic carbocycles. The molecule has 0 saturated carbocycles. The summed E-state index contributed by atoms with van der Waals surface area (Å²) in [7, 11) is -9.20. The van der Waals surface area contributed by atoms with Crippen LogP contribution in [0.15, 0.2) is 65.5 Å². The monoisotopic (exact) mass is 892 g/mol. The first-order chi connectivity index (χ1) is 28.2. The van der Waals surface area contributed by atoms with Gasteiger partial charge in [0.15, 0.2) is 0 Å². The maximum atomic E-state index is 11.5. The van der Waals surface area contributed by atoms with Crippen molar-refractivity contribution >= 4 is 105 Å². The zero-order chi connectivity index (χ0) is 42.7. The summed E-state index contributed by atoms with van der Waals surface area (Å²) < 4.78 is 63.5. The molecule has 5 aromatic rings. The predicted molar refractivity (Wildman–Crippen MR) is 221 cm³/mol. The number of nitrogens with one attached hydrogen (secondary N) is 2. The van der Waals surface area contributed by atoms with E-state index >= 15 is 0 Å². The SMILES string of the molecule is CCN(CC)c1ccc(N=Nc2nnc(S(=O)(=O)O)s2)c(Nc2nc(Nc3cc(N(CC)CC)ccc3N=Nc3nnc(S(=O)(=O)O)s3)nc(N(CCO)CCO)n2)c1. The molecule has 5 rings (SSSR count). The van der Waals surface area contributed by atoms with Gasteiger partial charge in [-0.15, -0.1) is 40.9 Å². The van der Waals surface area contributed by atoms with Crippen molar-refractivity contribution in [1.82, 2.24) is 35.3 Å². The highest BCUT2D eigenvalue weighted by atomic mass is 32.3. The van der Waals surface area contributed by atoms with Crippen LogP contribution in [-0.4, -0.2) is 124 Å². The second-order valence-electron chi connectivity index (χ2n) is 11.8. The first kappa shape index (κ1) is 44.6. The smallest absolute Gasteiger partial charge is 0.324 e. The number of nitrogens with zero attached hydrogens (tertiary/aromatic N) is 14. The van der Waals surface area contributed by atoms with E-state index in [0.717, 1.165) is 11.4 Å². The van der Waals surface area contributed by atoms with Crippen LogP contribution in [0.25, 0.3) is 0 Å². The number of hydrogen-bond acceptors (Lipinski definition) is 24. The van der Waals surface area contributed by atoms with Gasteiger partial charge in [-0.3, -0.25) is 9.11 Å². The summed E-state index contributed by atoms with van der Waals surface area (Å²) in [5, 5.41) is 56.7. The van der Waals surface area contributed by atoms with Gasteiger partial charge in [-0.1, -0.05) is 22.7 Å². The topological polar surface area (TPSA) is 323 Å². The lowest BCUT2D eigenvalue weighted by Crippen LogP contribution is -2.31. The lowest BCUT2D eigenvalue weighted by Gasteiger charge is -2.24. The van der Waals surface area contributed by atoms with E-state index in [4.69, 9.17) is 0 Å². The van der Waals surface area contributed by atoms with Gasteiger partial charge in [0.05, 0.1) is 24.6 Å². The van der Waals surface area contributed by atoms with Gasteiger partial charge in [-0.25, -0.2) is 0 Å². The molecule has 0 unspecified atom stereocenters. The largest absolute Gasteiger partial charge is 0.395 e. The Balaban J connectivity index is 1.61. The minimum absolute atomic E-state index is 0.00854. The maximum absolute atomic E-state index is 11.5. The Bertz CT molecular complexity index is 2330. The summed E-state index contributed by atoms with van der Waals surface area (Å²) >= 11 is 1.04. The van der Waals surface area contributed by atoms with E-state index in [1.807, 2.05) is 39.8 Å². The summed E-state index contributed by atoms with van der Waals surface area (Å²) in [5.41, 5.74) is 2.84. The summed E-state index contributed by atoms with van der Waals surface area (Å²) in [6.45, 7) is 10.2. The van der Waals surface area contributed by atoms with Crippen LogP contribution in [0.4, 0.5) is 62.2 Å². The molecule has 0 spiro atoms. The Labute approximate surface area is 346 Å². The quantitative estimate of drug-likeness (QED) is 0.0423. The highest BCUT2D eigenvalue weighted by Crippen LogP contribution is 2.37. The molecule has 24 nitrogen and oxygen atoms in total. The first-order valence-corrected chi connectivity index (χ1v) is 22.2. The zero-order valence-electron chi connectivity index (χ0n) is 31.9. The number of azo groups is 2. The molecule has 2 aromatic carbocycles. The Morgan fingerprint density at radius 2 is 1.00 bits per heavy atom. The predicted octanol–water partition coefficient (Wildman–Crippen LogP) is 4.87. The van der Waals surface area contributed by atoms with Crippen molar-refractivity contribution in [2.75, 3.05) is 77.8 Å². The third-order valence-corrected chi connectivity index (χ3v) is 12.1.